The lowest BCUT2D eigenvalue weighted by atomic mass is 9.89. The average molecular weight is 887 g/mol. The Balaban J connectivity index is 0.875. The van der Waals surface area contributed by atoms with Crippen molar-refractivity contribution in [1.82, 2.24) is 40.4 Å². The largest absolute Gasteiger partial charge is 0.465 e. The van der Waals surface area contributed by atoms with Crippen molar-refractivity contribution in [3.05, 3.63) is 84.7 Å². The third-order valence-electron chi connectivity index (χ3n) is 13.8. The first-order chi connectivity index (χ1) is 31.7. The van der Waals surface area contributed by atoms with Crippen LogP contribution in [0.2, 0.25) is 0 Å². The molecule has 4 atom stereocenters. The van der Waals surface area contributed by atoms with Gasteiger partial charge in [-0.1, -0.05) is 48.5 Å². The van der Waals surface area contributed by atoms with Crippen molar-refractivity contribution in [2.75, 3.05) is 46.6 Å². The number of rotatable bonds is 11. The number of fused-ring (bicyclic) bond motifs is 1. The summed E-state index contributed by atoms with van der Waals surface area (Å²) in [5.74, 6) is 0.982. The Morgan fingerprint density at radius 1 is 0.631 bits per heavy atom. The molecule has 5 N–H and O–H groups in total. The number of hydrogen-bond donors (Lipinski definition) is 5. The molecule has 4 amide bonds. The van der Waals surface area contributed by atoms with Crippen LogP contribution in [-0.4, -0.2) is 118 Å². The van der Waals surface area contributed by atoms with Gasteiger partial charge in [0.05, 0.1) is 43.0 Å². The number of carboxylic acid groups (broad SMARTS) is 1. The van der Waals surface area contributed by atoms with Gasteiger partial charge < -0.3 is 49.7 Å². The molecule has 0 saturated carbocycles. The van der Waals surface area contributed by atoms with Gasteiger partial charge in [0.15, 0.2) is 0 Å². The zero-order chi connectivity index (χ0) is 44.9. The quantitative estimate of drug-likeness (QED) is 0.0878. The van der Waals surface area contributed by atoms with Crippen LogP contribution >= 0.6 is 0 Å². The molecule has 6 heterocycles. The number of hydrogen-bond acceptors (Lipinski definition) is 9. The maximum atomic E-state index is 14.2. The lowest BCUT2D eigenvalue weighted by Crippen LogP contribution is -2.55. The number of aromatic amines is 2. The molecule has 342 valence electrons. The average Bonchev–Trinajstić information content (AvgIpc) is 4.06. The van der Waals surface area contributed by atoms with Crippen molar-refractivity contribution in [2.24, 2.45) is 11.8 Å². The predicted octanol–water partition coefficient (Wildman–Crippen LogP) is 7.61. The molecule has 65 heavy (non-hydrogen) atoms. The van der Waals surface area contributed by atoms with E-state index in [0.29, 0.717) is 71.0 Å². The van der Waals surface area contributed by atoms with E-state index in [4.69, 9.17) is 24.2 Å². The van der Waals surface area contributed by atoms with Crippen LogP contribution in [0.5, 0.6) is 0 Å². The van der Waals surface area contributed by atoms with Crippen molar-refractivity contribution in [2.45, 2.75) is 88.4 Å². The number of piperidine rings is 2. The first kappa shape index (κ1) is 44.0. The van der Waals surface area contributed by atoms with Gasteiger partial charge >= 0.3 is 12.2 Å². The highest BCUT2D eigenvalue weighted by molar-refractivity contribution is 5.91. The smallest absolute Gasteiger partial charge is 0.407 e. The van der Waals surface area contributed by atoms with Crippen LogP contribution in [0.15, 0.2) is 73.1 Å². The fraction of sp³-hybridized carbons (Fsp3) is 0.469. The lowest BCUT2D eigenvalue weighted by molar-refractivity contribution is -0.140. The van der Waals surface area contributed by atoms with Crippen LogP contribution in [0.4, 0.5) is 9.59 Å². The maximum Gasteiger partial charge on any atom is 0.407 e. The molecule has 16 nitrogen and oxygen atoms in total. The Morgan fingerprint density at radius 2 is 1.09 bits per heavy atom. The van der Waals surface area contributed by atoms with Gasteiger partial charge in [-0.2, -0.15) is 0 Å². The normalized spacial score (nSPS) is 20.8. The van der Waals surface area contributed by atoms with Gasteiger partial charge in [-0.15, -0.1) is 0 Å². The second-order valence-electron chi connectivity index (χ2n) is 17.7. The number of nitrogens with zero attached hydrogens (tertiary/aromatic N) is 4. The molecule has 0 radical (unpaired) electrons. The second-order valence-corrected chi connectivity index (χ2v) is 17.7. The van der Waals surface area contributed by atoms with Crippen LogP contribution in [-0.2, 0) is 23.8 Å². The number of methoxy groups -OCH3 is 1. The Kier molecular flexibility index (Phi) is 13.4. The van der Waals surface area contributed by atoms with Crippen LogP contribution in [0.25, 0.3) is 44.4 Å². The molecule has 0 spiro atoms. The van der Waals surface area contributed by atoms with Crippen molar-refractivity contribution in [1.29, 1.82) is 0 Å². The van der Waals surface area contributed by atoms with Gasteiger partial charge in [0.25, 0.3) is 0 Å². The summed E-state index contributed by atoms with van der Waals surface area (Å²) in [7, 11) is 1.31. The fourth-order valence-electron chi connectivity index (χ4n) is 10.2. The zero-order valence-electron chi connectivity index (χ0n) is 36.8. The Labute approximate surface area is 377 Å². The van der Waals surface area contributed by atoms with Crippen molar-refractivity contribution >= 4 is 34.8 Å². The summed E-state index contributed by atoms with van der Waals surface area (Å²) in [5, 5.41) is 17.2. The molecule has 0 aliphatic carbocycles. The van der Waals surface area contributed by atoms with E-state index in [1.165, 1.54) is 7.11 Å². The van der Waals surface area contributed by atoms with Crippen LogP contribution in [0, 0.1) is 11.8 Å². The van der Waals surface area contributed by atoms with Gasteiger partial charge in [0, 0.05) is 45.1 Å². The number of benzene rings is 3. The first-order valence-corrected chi connectivity index (χ1v) is 23.1. The Bertz CT molecular complexity index is 2470. The van der Waals surface area contributed by atoms with Crippen LogP contribution in [0.1, 0.15) is 87.9 Å². The van der Waals surface area contributed by atoms with Gasteiger partial charge in [0.2, 0.25) is 11.8 Å². The molecule has 4 saturated heterocycles. The molecule has 3 aromatic carbocycles. The lowest BCUT2D eigenvalue weighted by Gasteiger charge is -2.39. The van der Waals surface area contributed by atoms with E-state index in [2.05, 4.69) is 81.3 Å². The summed E-state index contributed by atoms with van der Waals surface area (Å²) in [6.07, 6.45) is 9.67. The fourth-order valence-corrected chi connectivity index (χ4v) is 10.2. The van der Waals surface area contributed by atoms with Crippen molar-refractivity contribution in [3.8, 4) is 33.6 Å². The molecule has 4 aliphatic heterocycles. The van der Waals surface area contributed by atoms with Gasteiger partial charge in [-0.05, 0) is 116 Å². The number of amides is 4. The van der Waals surface area contributed by atoms with Crippen LogP contribution < -0.4 is 10.6 Å². The van der Waals surface area contributed by atoms with Crippen molar-refractivity contribution < 1.29 is 38.5 Å². The molecular formula is C49H58N8O8. The summed E-state index contributed by atoms with van der Waals surface area (Å²) in [5.41, 5.74) is 5.83. The predicted molar refractivity (Wildman–Crippen MR) is 243 cm³/mol. The molecule has 0 unspecified atom stereocenters. The number of nitrogens with one attached hydrogen (secondary N) is 4. The van der Waals surface area contributed by atoms with E-state index in [-0.39, 0.29) is 35.7 Å². The molecule has 4 aliphatic rings. The van der Waals surface area contributed by atoms with Gasteiger partial charge in [0.1, 0.15) is 23.7 Å². The molecule has 4 fully saturated rings. The minimum atomic E-state index is -1.20. The van der Waals surface area contributed by atoms with E-state index in [1.807, 2.05) is 22.2 Å². The highest BCUT2D eigenvalue weighted by Crippen LogP contribution is 2.36. The molecular weight excluding hydrogens is 829 g/mol. The zero-order valence-corrected chi connectivity index (χ0v) is 36.8. The third kappa shape index (κ3) is 9.74. The minimum absolute atomic E-state index is 0.0352. The van der Waals surface area contributed by atoms with E-state index < -0.39 is 24.3 Å². The number of carbonyl (C=O) groups is 4. The van der Waals surface area contributed by atoms with Gasteiger partial charge in [-0.3, -0.25) is 9.59 Å². The molecule has 2 aromatic heterocycles. The summed E-state index contributed by atoms with van der Waals surface area (Å²) < 4.78 is 15.9. The highest BCUT2D eigenvalue weighted by atomic mass is 16.5. The third-order valence-corrected chi connectivity index (χ3v) is 13.8. The number of imidazole rings is 2. The summed E-state index contributed by atoms with van der Waals surface area (Å²) in [4.78, 5) is 72.6. The monoisotopic (exact) mass is 886 g/mol. The molecule has 5 aromatic rings. The molecule has 0 bridgehead atoms. The number of ether oxygens (including phenoxy) is 3. The minimum Gasteiger partial charge on any atom is -0.465 e. The SMILES string of the molecule is COC(=O)N[C@H](C(=O)N1CCCC[C@H]1c1ncc(-c2ccc3cc(-c4ccc(-c5cnc([C@@H]6CCCCN6C(=O)[C@@H](NC(=O)O)C6CCOCC6)[nH]5)cc4)ccc3c2)[nH]1)C1CCOCC1. The van der Waals surface area contributed by atoms with E-state index in [0.717, 1.165) is 88.8 Å². The van der Waals surface area contributed by atoms with E-state index >= 15 is 0 Å². The Morgan fingerprint density at radius 3 is 1.62 bits per heavy atom. The standard InChI is InChI=1S/C49H58N8O8/c1-63-49(62)55-43(33-18-24-65-25-19-33)47(59)57-21-5-3-7-41(57)45-51-29-39(53-45)37-15-14-35-26-34(12-13-36(35)27-37)30-8-10-31(11-9-30)38-28-50-44(52-38)40-6-2-4-20-56(40)46(58)42(54-48(60)61)32-16-22-64-23-17-32/h8-15,26-29,32-33,40-43,54H,2-7,16-25H2,1H3,(H,50,52)(H,51,53)(H,55,62)(H,60,61)/t40-,41-,42-,43-/m0/s1. The van der Waals surface area contributed by atoms with Gasteiger partial charge in [-0.25, -0.2) is 19.6 Å². The number of H-pyrrole nitrogens is 2. The van der Waals surface area contributed by atoms with E-state index in [9.17, 15) is 24.3 Å². The van der Waals surface area contributed by atoms with E-state index in [1.54, 1.807) is 0 Å². The summed E-state index contributed by atoms with van der Waals surface area (Å²) in [6, 6.07) is 19.1. The number of likely N-dealkylation sites (tertiary alicyclic amines) is 2. The first-order valence-electron chi connectivity index (χ1n) is 23.1. The topological polar surface area (TPSA) is 204 Å². The highest BCUT2D eigenvalue weighted by Gasteiger charge is 2.40. The number of carbonyl (C=O) groups excluding carboxylic acids is 3. The second kappa shape index (κ2) is 19.9. The van der Waals surface area contributed by atoms with Crippen LogP contribution in [0.3, 0.4) is 0 Å². The number of alkyl carbamates (subject to hydrolysis) is 1. The Hall–Kier alpha value is -6.26. The summed E-state index contributed by atoms with van der Waals surface area (Å²) >= 11 is 0. The number of aromatic nitrogens is 4. The maximum absolute atomic E-state index is 14.2. The van der Waals surface area contributed by atoms with Crippen molar-refractivity contribution in [3.63, 3.8) is 0 Å². The molecule has 9 rings (SSSR count). The summed E-state index contributed by atoms with van der Waals surface area (Å²) in [6.45, 7) is 3.28. The molecule has 16 heteroatoms.